The first kappa shape index (κ1) is 15.1. The summed E-state index contributed by atoms with van der Waals surface area (Å²) >= 11 is 1.66. The van der Waals surface area contributed by atoms with Crippen LogP contribution in [0.3, 0.4) is 0 Å². The van der Waals surface area contributed by atoms with Gasteiger partial charge in [-0.3, -0.25) is 5.32 Å². The van der Waals surface area contributed by atoms with Gasteiger partial charge in [-0.1, -0.05) is 51.1 Å². The smallest absolute Gasteiger partial charge is 0.329 e. The molecule has 0 spiro atoms. The number of carboxylic acid groups (broad SMARTS) is 1. The second kappa shape index (κ2) is 6.81. The van der Waals surface area contributed by atoms with Crippen LogP contribution in [0.4, 0.5) is 0 Å². The zero-order valence-corrected chi connectivity index (χ0v) is 12.0. The molecular weight excluding hydrogens is 246 g/mol. The number of carboxylic acids is 1. The highest BCUT2D eigenvalue weighted by Crippen LogP contribution is 2.28. The third-order valence-electron chi connectivity index (χ3n) is 2.74. The summed E-state index contributed by atoms with van der Waals surface area (Å²) in [7, 11) is 0. The van der Waals surface area contributed by atoms with E-state index in [4.69, 9.17) is 0 Å². The predicted octanol–water partition coefficient (Wildman–Crippen LogP) is 2.72. The summed E-state index contributed by atoms with van der Waals surface area (Å²) in [5.74, 6) is -0.290. The van der Waals surface area contributed by atoms with Crippen molar-refractivity contribution < 1.29 is 9.90 Å². The Morgan fingerprint density at radius 1 is 1.39 bits per heavy atom. The molecule has 2 N–H and O–H groups in total. The molecule has 0 fully saturated rings. The van der Waals surface area contributed by atoms with Gasteiger partial charge < -0.3 is 5.11 Å². The number of nitrogens with one attached hydrogen (secondary N) is 1. The summed E-state index contributed by atoms with van der Waals surface area (Å²) in [6.45, 7) is 6.71. The Morgan fingerprint density at radius 3 is 2.44 bits per heavy atom. The second-order valence-corrected chi connectivity index (χ2v) is 6.03. The minimum atomic E-state index is -0.995. The number of hydrogen-bond acceptors (Lipinski definition) is 3. The summed E-state index contributed by atoms with van der Waals surface area (Å²) in [6, 6.07) is 9.40. The Labute approximate surface area is 113 Å². The molecule has 18 heavy (non-hydrogen) atoms. The van der Waals surface area contributed by atoms with Crippen LogP contribution in [-0.2, 0) is 10.3 Å². The van der Waals surface area contributed by atoms with Crippen molar-refractivity contribution in [3.05, 3.63) is 35.9 Å². The second-order valence-electron chi connectivity index (χ2n) is 4.47. The van der Waals surface area contributed by atoms with Crippen LogP contribution in [0.15, 0.2) is 30.3 Å². The van der Waals surface area contributed by atoms with Crippen LogP contribution in [0, 0.1) is 0 Å². The van der Waals surface area contributed by atoms with E-state index in [9.17, 15) is 9.90 Å². The summed E-state index contributed by atoms with van der Waals surface area (Å²) in [5.41, 5.74) is -0.183. The Morgan fingerprint density at radius 2 is 2.00 bits per heavy atom. The van der Waals surface area contributed by atoms with Gasteiger partial charge in [-0.15, -0.1) is 0 Å². The Balaban J connectivity index is 3.09. The number of likely N-dealkylation sites (N-methyl/N-ethyl adjacent to an activating group) is 1. The van der Waals surface area contributed by atoms with Crippen molar-refractivity contribution in [2.45, 2.75) is 31.6 Å². The largest absolute Gasteiger partial charge is 0.480 e. The molecule has 100 valence electrons. The lowest BCUT2D eigenvalue weighted by Gasteiger charge is -2.31. The van der Waals surface area contributed by atoms with Crippen LogP contribution in [0.25, 0.3) is 0 Å². The molecule has 0 aromatic heterocycles. The van der Waals surface area contributed by atoms with Gasteiger partial charge in [0.1, 0.15) is 0 Å². The van der Waals surface area contributed by atoms with E-state index in [2.05, 4.69) is 19.2 Å². The number of benzene rings is 1. The maximum Gasteiger partial charge on any atom is 0.329 e. The molecule has 0 aliphatic carbocycles. The summed E-state index contributed by atoms with van der Waals surface area (Å²) in [5, 5.41) is 13.2. The molecule has 4 heteroatoms. The van der Waals surface area contributed by atoms with E-state index in [-0.39, 0.29) is 0 Å². The van der Waals surface area contributed by atoms with Gasteiger partial charge in [0, 0.05) is 5.75 Å². The van der Waals surface area contributed by atoms with Gasteiger partial charge in [0.25, 0.3) is 0 Å². The topological polar surface area (TPSA) is 49.3 Å². The first-order valence-electron chi connectivity index (χ1n) is 6.18. The third kappa shape index (κ3) is 3.50. The van der Waals surface area contributed by atoms with Gasteiger partial charge >= 0.3 is 5.97 Å². The Hall–Kier alpha value is -1.00. The summed E-state index contributed by atoms with van der Waals surface area (Å²) in [6.07, 6.45) is 0. The third-order valence-corrected chi connectivity index (χ3v) is 4.01. The predicted molar refractivity (Wildman–Crippen MR) is 77.0 cm³/mol. The van der Waals surface area contributed by atoms with Gasteiger partial charge in [0.05, 0.1) is 0 Å². The van der Waals surface area contributed by atoms with Gasteiger partial charge in [0.15, 0.2) is 5.54 Å². The molecule has 1 atom stereocenters. The van der Waals surface area contributed by atoms with E-state index in [1.54, 1.807) is 11.8 Å². The maximum absolute atomic E-state index is 11.7. The number of rotatable bonds is 7. The lowest BCUT2D eigenvalue weighted by Crippen LogP contribution is -2.51. The number of thioether (sulfide) groups is 1. The van der Waals surface area contributed by atoms with Gasteiger partial charge in [0.2, 0.25) is 0 Å². The molecule has 0 bridgehead atoms. The molecule has 1 aromatic carbocycles. The summed E-state index contributed by atoms with van der Waals surface area (Å²) in [4.78, 5) is 11.7. The molecule has 3 nitrogen and oxygen atoms in total. The van der Waals surface area contributed by atoms with Crippen molar-refractivity contribution in [3.63, 3.8) is 0 Å². The zero-order valence-electron chi connectivity index (χ0n) is 11.1. The average molecular weight is 267 g/mol. The van der Waals surface area contributed by atoms with Gasteiger partial charge in [-0.2, -0.15) is 11.8 Å². The molecule has 0 aliphatic heterocycles. The Bertz CT molecular complexity index is 381. The molecule has 1 rings (SSSR count). The molecule has 0 saturated carbocycles. The van der Waals surface area contributed by atoms with E-state index in [0.29, 0.717) is 17.5 Å². The highest BCUT2D eigenvalue weighted by molar-refractivity contribution is 7.99. The van der Waals surface area contributed by atoms with Crippen LogP contribution >= 0.6 is 11.8 Å². The maximum atomic E-state index is 11.7. The SMILES string of the molecule is CCNC(CSC(C)C)(C(=O)O)c1ccccc1. The number of hydrogen-bond donors (Lipinski definition) is 2. The first-order valence-corrected chi connectivity index (χ1v) is 7.23. The van der Waals surface area contributed by atoms with Crippen LogP contribution in [0.2, 0.25) is 0 Å². The molecule has 0 amide bonds. The van der Waals surface area contributed by atoms with E-state index in [1.165, 1.54) is 0 Å². The molecule has 1 unspecified atom stereocenters. The zero-order chi connectivity index (χ0) is 13.6. The highest BCUT2D eigenvalue weighted by Gasteiger charge is 2.39. The minimum Gasteiger partial charge on any atom is -0.480 e. The lowest BCUT2D eigenvalue weighted by molar-refractivity contribution is -0.144. The van der Waals surface area contributed by atoms with E-state index in [0.717, 1.165) is 5.56 Å². The van der Waals surface area contributed by atoms with Gasteiger partial charge in [-0.25, -0.2) is 4.79 Å². The highest BCUT2D eigenvalue weighted by atomic mass is 32.2. The molecule has 0 heterocycles. The molecule has 0 radical (unpaired) electrons. The van der Waals surface area contributed by atoms with Crippen LogP contribution in [0.5, 0.6) is 0 Å². The quantitative estimate of drug-likeness (QED) is 0.797. The molecular formula is C14H21NO2S. The average Bonchev–Trinajstić information content (AvgIpc) is 2.35. The van der Waals surface area contributed by atoms with Crippen molar-refractivity contribution in [1.82, 2.24) is 5.32 Å². The van der Waals surface area contributed by atoms with Crippen molar-refractivity contribution in [2.24, 2.45) is 0 Å². The lowest BCUT2D eigenvalue weighted by atomic mass is 9.92. The fourth-order valence-electron chi connectivity index (χ4n) is 1.81. The van der Waals surface area contributed by atoms with E-state index in [1.807, 2.05) is 37.3 Å². The number of carbonyl (C=O) groups is 1. The van der Waals surface area contributed by atoms with Crippen molar-refractivity contribution in [3.8, 4) is 0 Å². The summed E-state index contributed by atoms with van der Waals surface area (Å²) < 4.78 is 0. The van der Waals surface area contributed by atoms with Crippen molar-refractivity contribution >= 4 is 17.7 Å². The first-order chi connectivity index (χ1) is 8.53. The fourth-order valence-corrected chi connectivity index (χ4v) is 2.79. The van der Waals surface area contributed by atoms with Crippen LogP contribution in [-0.4, -0.2) is 28.6 Å². The number of aliphatic carboxylic acids is 1. The molecule has 0 saturated heterocycles. The van der Waals surface area contributed by atoms with Crippen LogP contribution < -0.4 is 5.32 Å². The fraction of sp³-hybridized carbons (Fsp3) is 0.500. The van der Waals surface area contributed by atoms with Crippen molar-refractivity contribution in [1.29, 1.82) is 0 Å². The van der Waals surface area contributed by atoms with Gasteiger partial charge in [-0.05, 0) is 17.4 Å². The monoisotopic (exact) mass is 267 g/mol. The molecule has 0 aliphatic rings. The normalized spacial score (nSPS) is 14.4. The van der Waals surface area contributed by atoms with E-state index < -0.39 is 11.5 Å². The van der Waals surface area contributed by atoms with E-state index >= 15 is 0 Å². The van der Waals surface area contributed by atoms with Crippen molar-refractivity contribution in [2.75, 3.05) is 12.3 Å². The molecule has 1 aromatic rings. The minimum absolute atomic E-state index is 0.408. The van der Waals surface area contributed by atoms with Crippen LogP contribution in [0.1, 0.15) is 26.3 Å². The standard InChI is InChI=1S/C14H21NO2S/c1-4-15-14(13(16)17,10-18-11(2)3)12-8-6-5-7-9-12/h5-9,11,15H,4,10H2,1-3H3,(H,16,17). The Kier molecular flexibility index (Phi) is 5.69.